The second kappa shape index (κ2) is 4.49. The standard InChI is InChI=1S/C13H14ClNO2/c1-3-9-6-4-5-8(2)12(9)15-11(16)7-10(14)13(15)17/h4-6,10H,3,7H2,1-2H3. The molecular formula is C13H14ClNO2. The second-order valence-corrected chi connectivity index (χ2v) is 4.70. The van der Waals surface area contributed by atoms with Crippen molar-refractivity contribution < 1.29 is 9.59 Å². The molecule has 1 fully saturated rings. The zero-order valence-corrected chi connectivity index (χ0v) is 10.6. The minimum Gasteiger partial charge on any atom is -0.274 e. The lowest BCUT2D eigenvalue weighted by molar-refractivity contribution is -0.121. The molecular weight excluding hydrogens is 238 g/mol. The third kappa shape index (κ3) is 1.95. The van der Waals surface area contributed by atoms with Crippen molar-refractivity contribution in [3.05, 3.63) is 29.3 Å². The Morgan fingerprint density at radius 2 is 2.12 bits per heavy atom. The van der Waals surface area contributed by atoms with Crippen LogP contribution in [0.1, 0.15) is 24.5 Å². The molecule has 1 aliphatic rings. The highest BCUT2D eigenvalue weighted by Gasteiger charge is 2.39. The number of anilines is 1. The molecule has 0 radical (unpaired) electrons. The van der Waals surface area contributed by atoms with Gasteiger partial charge in [-0.1, -0.05) is 25.1 Å². The van der Waals surface area contributed by atoms with Crippen molar-refractivity contribution in [2.45, 2.75) is 32.1 Å². The van der Waals surface area contributed by atoms with Crippen molar-refractivity contribution in [1.29, 1.82) is 0 Å². The van der Waals surface area contributed by atoms with Gasteiger partial charge in [0.2, 0.25) is 5.91 Å². The molecule has 0 bridgehead atoms. The molecule has 1 saturated heterocycles. The number of rotatable bonds is 2. The van der Waals surface area contributed by atoms with Crippen LogP contribution in [-0.4, -0.2) is 17.2 Å². The fourth-order valence-electron chi connectivity index (χ4n) is 2.15. The van der Waals surface area contributed by atoms with Crippen LogP contribution in [0.4, 0.5) is 5.69 Å². The number of aryl methyl sites for hydroxylation is 2. The number of halogens is 1. The van der Waals surface area contributed by atoms with Gasteiger partial charge in [-0.3, -0.25) is 9.59 Å². The van der Waals surface area contributed by atoms with E-state index in [0.29, 0.717) is 5.69 Å². The van der Waals surface area contributed by atoms with Crippen LogP contribution in [0.5, 0.6) is 0 Å². The van der Waals surface area contributed by atoms with Crippen LogP contribution in [0.3, 0.4) is 0 Å². The van der Waals surface area contributed by atoms with Gasteiger partial charge < -0.3 is 0 Å². The van der Waals surface area contributed by atoms with Gasteiger partial charge in [-0.25, -0.2) is 4.90 Å². The smallest absolute Gasteiger partial charge is 0.252 e. The van der Waals surface area contributed by atoms with Gasteiger partial charge >= 0.3 is 0 Å². The molecule has 17 heavy (non-hydrogen) atoms. The van der Waals surface area contributed by atoms with Gasteiger partial charge in [0.1, 0.15) is 5.38 Å². The molecule has 3 nitrogen and oxygen atoms in total. The molecule has 0 aromatic heterocycles. The maximum atomic E-state index is 11.9. The van der Waals surface area contributed by atoms with E-state index in [0.717, 1.165) is 17.5 Å². The maximum absolute atomic E-state index is 11.9. The summed E-state index contributed by atoms with van der Waals surface area (Å²) in [6, 6.07) is 5.77. The minimum atomic E-state index is -0.716. The summed E-state index contributed by atoms with van der Waals surface area (Å²) in [7, 11) is 0. The first kappa shape index (κ1) is 12.1. The molecule has 0 spiro atoms. The summed E-state index contributed by atoms with van der Waals surface area (Å²) in [5.41, 5.74) is 2.64. The van der Waals surface area contributed by atoms with E-state index in [4.69, 9.17) is 11.6 Å². The van der Waals surface area contributed by atoms with Gasteiger partial charge in [0.25, 0.3) is 5.91 Å². The van der Waals surface area contributed by atoms with Crippen LogP contribution in [-0.2, 0) is 16.0 Å². The van der Waals surface area contributed by atoms with Crippen molar-refractivity contribution in [1.82, 2.24) is 0 Å². The van der Waals surface area contributed by atoms with Gasteiger partial charge in [-0.15, -0.1) is 11.6 Å². The Kier molecular flexibility index (Phi) is 3.20. The van der Waals surface area contributed by atoms with Crippen molar-refractivity contribution in [2.75, 3.05) is 4.90 Å². The van der Waals surface area contributed by atoms with Gasteiger partial charge in [-0.2, -0.15) is 0 Å². The van der Waals surface area contributed by atoms with E-state index in [1.165, 1.54) is 4.90 Å². The Balaban J connectivity index is 2.54. The summed E-state index contributed by atoms with van der Waals surface area (Å²) < 4.78 is 0. The Hall–Kier alpha value is -1.35. The molecule has 0 aliphatic carbocycles. The van der Waals surface area contributed by atoms with E-state index in [2.05, 4.69) is 0 Å². The summed E-state index contributed by atoms with van der Waals surface area (Å²) >= 11 is 5.84. The Morgan fingerprint density at radius 3 is 2.65 bits per heavy atom. The summed E-state index contributed by atoms with van der Waals surface area (Å²) in [4.78, 5) is 25.0. The number of alkyl halides is 1. The summed E-state index contributed by atoms with van der Waals surface area (Å²) in [5, 5.41) is -0.716. The molecule has 1 aromatic rings. The first-order valence-corrected chi connectivity index (χ1v) is 6.09. The van der Waals surface area contributed by atoms with E-state index >= 15 is 0 Å². The minimum absolute atomic E-state index is 0.0951. The highest BCUT2D eigenvalue weighted by atomic mass is 35.5. The third-order valence-corrected chi connectivity index (χ3v) is 3.36. The van der Waals surface area contributed by atoms with E-state index in [1.54, 1.807) is 0 Å². The molecule has 90 valence electrons. The number of hydrogen-bond donors (Lipinski definition) is 0. The monoisotopic (exact) mass is 251 g/mol. The number of imide groups is 1. The largest absolute Gasteiger partial charge is 0.274 e. The topological polar surface area (TPSA) is 37.4 Å². The fourth-order valence-corrected chi connectivity index (χ4v) is 2.38. The molecule has 0 N–H and O–H groups in total. The number of hydrogen-bond acceptors (Lipinski definition) is 2. The Labute approximate surface area is 105 Å². The molecule has 2 amide bonds. The van der Waals surface area contributed by atoms with E-state index in [9.17, 15) is 9.59 Å². The number of carbonyl (C=O) groups excluding carboxylic acids is 2. The van der Waals surface area contributed by atoms with Crippen molar-refractivity contribution in [2.24, 2.45) is 0 Å². The number of nitrogens with zero attached hydrogens (tertiary/aromatic N) is 1. The predicted molar refractivity (Wildman–Crippen MR) is 67.3 cm³/mol. The zero-order valence-electron chi connectivity index (χ0n) is 9.87. The van der Waals surface area contributed by atoms with Crippen LogP contribution in [0, 0.1) is 6.92 Å². The number of amides is 2. The Morgan fingerprint density at radius 1 is 1.41 bits per heavy atom. The molecule has 1 atom stereocenters. The third-order valence-electron chi connectivity index (χ3n) is 3.02. The Bertz CT molecular complexity index is 484. The number of para-hydroxylation sites is 1. The lowest BCUT2D eigenvalue weighted by atomic mass is 10.0. The summed E-state index contributed by atoms with van der Waals surface area (Å²) in [6.07, 6.45) is 0.874. The van der Waals surface area contributed by atoms with Gasteiger partial charge in [0.05, 0.1) is 12.1 Å². The molecule has 1 heterocycles. The zero-order chi connectivity index (χ0) is 12.6. The van der Waals surface area contributed by atoms with Gasteiger partial charge in [-0.05, 0) is 24.5 Å². The number of carbonyl (C=O) groups is 2. The van der Waals surface area contributed by atoms with E-state index in [1.807, 2.05) is 32.0 Å². The molecule has 4 heteroatoms. The second-order valence-electron chi connectivity index (χ2n) is 4.18. The normalized spacial score (nSPS) is 20.2. The lowest BCUT2D eigenvalue weighted by Gasteiger charge is -2.20. The van der Waals surface area contributed by atoms with Crippen LogP contribution < -0.4 is 4.90 Å². The van der Waals surface area contributed by atoms with Gasteiger partial charge in [0, 0.05) is 0 Å². The van der Waals surface area contributed by atoms with Crippen molar-refractivity contribution in [3.8, 4) is 0 Å². The summed E-state index contributed by atoms with van der Waals surface area (Å²) in [6.45, 7) is 3.90. The molecule has 0 saturated carbocycles. The fraction of sp³-hybridized carbons (Fsp3) is 0.385. The summed E-state index contributed by atoms with van der Waals surface area (Å²) in [5.74, 6) is -0.514. The molecule has 2 rings (SSSR count). The van der Waals surface area contributed by atoms with Crippen LogP contribution in [0.2, 0.25) is 0 Å². The van der Waals surface area contributed by atoms with Crippen LogP contribution >= 0.6 is 11.6 Å². The first-order valence-electron chi connectivity index (χ1n) is 5.65. The van der Waals surface area contributed by atoms with E-state index < -0.39 is 5.38 Å². The SMILES string of the molecule is CCc1cccc(C)c1N1C(=O)CC(Cl)C1=O. The number of benzene rings is 1. The maximum Gasteiger partial charge on any atom is 0.252 e. The molecule has 1 unspecified atom stereocenters. The lowest BCUT2D eigenvalue weighted by Crippen LogP contribution is -2.32. The van der Waals surface area contributed by atoms with Crippen molar-refractivity contribution >= 4 is 29.1 Å². The predicted octanol–water partition coefficient (Wildman–Crippen LogP) is 2.43. The van der Waals surface area contributed by atoms with Crippen LogP contribution in [0.25, 0.3) is 0 Å². The first-order chi connectivity index (χ1) is 8.06. The quantitative estimate of drug-likeness (QED) is 0.598. The van der Waals surface area contributed by atoms with E-state index in [-0.39, 0.29) is 18.2 Å². The highest BCUT2D eigenvalue weighted by molar-refractivity contribution is 6.41. The molecule has 1 aromatic carbocycles. The average molecular weight is 252 g/mol. The average Bonchev–Trinajstić information content (AvgIpc) is 2.54. The van der Waals surface area contributed by atoms with Gasteiger partial charge in [0.15, 0.2) is 0 Å². The van der Waals surface area contributed by atoms with Crippen molar-refractivity contribution in [3.63, 3.8) is 0 Å². The highest BCUT2D eigenvalue weighted by Crippen LogP contribution is 2.31. The molecule has 1 aliphatic heterocycles. The van der Waals surface area contributed by atoms with Crippen LogP contribution in [0.15, 0.2) is 18.2 Å².